The summed E-state index contributed by atoms with van der Waals surface area (Å²) in [4.78, 5) is 13.8. The van der Waals surface area contributed by atoms with E-state index in [1.54, 1.807) is 0 Å². The number of aliphatic carboxylic acids is 1. The van der Waals surface area contributed by atoms with E-state index in [1.165, 1.54) is 12.5 Å². The molecule has 0 saturated carbocycles. The van der Waals surface area contributed by atoms with Crippen LogP contribution in [0.1, 0.15) is 5.69 Å². The molecule has 0 aliphatic heterocycles. The number of carbonyl (C=O) groups is 1. The maximum atomic E-state index is 12.0. The molecular weight excluding hydrogens is 151 g/mol. The number of hydrogen-bond donors (Lipinski definition) is 1. The largest absolute Gasteiger partial charge is 0.481 e. The summed E-state index contributed by atoms with van der Waals surface area (Å²) in [5.41, 5.74) is 0.375. The standard InChI is InChI=1S/C6H7FN2O2/c7-3-9-4-8-2-5(9)1-6(10)11/h2,4H,1,3H2,(H,10,11). The first kappa shape index (κ1) is 7.71. The van der Waals surface area contributed by atoms with E-state index in [-0.39, 0.29) is 6.42 Å². The fourth-order valence-electron chi connectivity index (χ4n) is 0.758. The third kappa shape index (κ3) is 1.76. The average molecular weight is 158 g/mol. The summed E-state index contributed by atoms with van der Waals surface area (Å²) in [6, 6.07) is 0. The number of carboxylic acid groups (broad SMARTS) is 1. The van der Waals surface area contributed by atoms with Crippen LogP contribution in [0.25, 0.3) is 0 Å². The number of rotatable bonds is 3. The summed E-state index contributed by atoms with van der Waals surface area (Å²) in [5.74, 6) is -0.986. The Morgan fingerprint density at radius 2 is 2.55 bits per heavy atom. The molecule has 0 aliphatic rings. The molecule has 0 bridgehead atoms. The predicted octanol–water partition coefficient (Wildman–Crippen LogP) is 0.437. The van der Waals surface area contributed by atoms with Crippen LogP contribution >= 0.6 is 0 Å². The summed E-state index contributed by atoms with van der Waals surface area (Å²) >= 11 is 0. The van der Waals surface area contributed by atoms with Crippen molar-refractivity contribution >= 4 is 5.97 Å². The Morgan fingerprint density at radius 1 is 1.82 bits per heavy atom. The highest BCUT2D eigenvalue weighted by atomic mass is 19.1. The van der Waals surface area contributed by atoms with E-state index < -0.39 is 12.8 Å². The van der Waals surface area contributed by atoms with E-state index in [0.717, 1.165) is 4.57 Å². The smallest absolute Gasteiger partial charge is 0.309 e. The fraction of sp³-hybridized carbons (Fsp3) is 0.333. The van der Waals surface area contributed by atoms with Gasteiger partial charge in [0.25, 0.3) is 0 Å². The average Bonchev–Trinajstić information content (AvgIpc) is 2.34. The van der Waals surface area contributed by atoms with Crippen LogP contribution in [0, 0.1) is 0 Å². The van der Waals surface area contributed by atoms with Crippen LogP contribution < -0.4 is 0 Å². The third-order valence-electron chi connectivity index (χ3n) is 1.26. The zero-order valence-electron chi connectivity index (χ0n) is 5.70. The van der Waals surface area contributed by atoms with E-state index in [1.807, 2.05) is 0 Å². The molecule has 60 valence electrons. The van der Waals surface area contributed by atoms with Crippen LogP contribution in [0.15, 0.2) is 12.5 Å². The van der Waals surface area contributed by atoms with Gasteiger partial charge in [0.2, 0.25) is 0 Å². The highest BCUT2D eigenvalue weighted by Crippen LogP contribution is 2.00. The number of nitrogens with zero attached hydrogens (tertiary/aromatic N) is 2. The number of aromatic nitrogens is 2. The van der Waals surface area contributed by atoms with Gasteiger partial charge >= 0.3 is 5.97 Å². The molecule has 0 amide bonds. The number of alkyl halides is 1. The van der Waals surface area contributed by atoms with Crippen molar-refractivity contribution in [3.05, 3.63) is 18.2 Å². The second-order valence-corrected chi connectivity index (χ2v) is 2.04. The van der Waals surface area contributed by atoms with Crippen LogP contribution in [0.4, 0.5) is 4.39 Å². The Labute approximate surface area is 62.3 Å². The molecule has 0 spiro atoms. The van der Waals surface area contributed by atoms with E-state index >= 15 is 0 Å². The molecule has 1 N–H and O–H groups in total. The molecule has 0 saturated heterocycles. The molecule has 1 aromatic heterocycles. The van der Waals surface area contributed by atoms with E-state index in [4.69, 9.17) is 5.11 Å². The summed E-state index contributed by atoms with van der Waals surface area (Å²) < 4.78 is 13.1. The van der Waals surface area contributed by atoms with E-state index in [9.17, 15) is 9.18 Å². The van der Waals surface area contributed by atoms with Gasteiger partial charge in [0, 0.05) is 6.20 Å². The lowest BCUT2D eigenvalue weighted by molar-refractivity contribution is -0.136. The lowest BCUT2D eigenvalue weighted by Crippen LogP contribution is -2.05. The first-order valence-corrected chi connectivity index (χ1v) is 3.01. The summed E-state index contributed by atoms with van der Waals surface area (Å²) in [7, 11) is 0. The van der Waals surface area contributed by atoms with Gasteiger partial charge in [-0.05, 0) is 0 Å². The van der Waals surface area contributed by atoms with Crippen molar-refractivity contribution in [2.75, 3.05) is 0 Å². The van der Waals surface area contributed by atoms with Crippen molar-refractivity contribution < 1.29 is 14.3 Å². The van der Waals surface area contributed by atoms with Gasteiger partial charge in [-0.3, -0.25) is 4.79 Å². The highest BCUT2D eigenvalue weighted by molar-refractivity contribution is 5.69. The molecule has 0 aromatic carbocycles. The quantitative estimate of drug-likeness (QED) is 0.694. The number of hydrogen-bond acceptors (Lipinski definition) is 2. The van der Waals surface area contributed by atoms with Crippen molar-refractivity contribution in [3.8, 4) is 0 Å². The van der Waals surface area contributed by atoms with Gasteiger partial charge in [-0.25, -0.2) is 9.37 Å². The summed E-state index contributed by atoms with van der Waals surface area (Å²) in [6.07, 6.45) is 2.41. The van der Waals surface area contributed by atoms with Crippen molar-refractivity contribution in [3.63, 3.8) is 0 Å². The fourth-order valence-corrected chi connectivity index (χ4v) is 0.758. The molecule has 4 nitrogen and oxygen atoms in total. The Balaban J connectivity index is 2.76. The van der Waals surface area contributed by atoms with Crippen LogP contribution in [0.3, 0.4) is 0 Å². The van der Waals surface area contributed by atoms with Gasteiger partial charge in [0.1, 0.15) is 0 Å². The van der Waals surface area contributed by atoms with Gasteiger partial charge in [-0.15, -0.1) is 0 Å². The minimum absolute atomic E-state index is 0.191. The zero-order valence-corrected chi connectivity index (χ0v) is 5.70. The predicted molar refractivity (Wildman–Crippen MR) is 34.7 cm³/mol. The van der Waals surface area contributed by atoms with Gasteiger partial charge in [-0.2, -0.15) is 0 Å². The van der Waals surface area contributed by atoms with Crippen LogP contribution in [0.5, 0.6) is 0 Å². The molecule has 5 heteroatoms. The van der Waals surface area contributed by atoms with Crippen LogP contribution in [-0.4, -0.2) is 20.6 Å². The Bertz CT molecular complexity index is 259. The highest BCUT2D eigenvalue weighted by Gasteiger charge is 2.05. The Hall–Kier alpha value is -1.39. The minimum Gasteiger partial charge on any atom is -0.481 e. The van der Waals surface area contributed by atoms with E-state index in [0.29, 0.717) is 5.69 Å². The molecule has 1 rings (SSSR count). The monoisotopic (exact) mass is 158 g/mol. The first-order valence-electron chi connectivity index (χ1n) is 3.01. The molecule has 11 heavy (non-hydrogen) atoms. The lowest BCUT2D eigenvalue weighted by atomic mass is 10.3. The van der Waals surface area contributed by atoms with Crippen molar-refractivity contribution in [2.24, 2.45) is 0 Å². The lowest BCUT2D eigenvalue weighted by Gasteiger charge is -1.98. The topological polar surface area (TPSA) is 55.1 Å². The van der Waals surface area contributed by atoms with Gasteiger partial charge in [-0.1, -0.05) is 0 Å². The van der Waals surface area contributed by atoms with E-state index in [2.05, 4.69) is 4.98 Å². The maximum Gasteiger partial charge on any atom is 0.309 e. The number of carboxylic acids is 1. The van der Waals surface area contributed by atoms with Crippen LogP contribution in [-0.2, 0) is 18.0 Å². The Kier molecular flexibility index (Phi) is 2.20. The molecule has 0 unspecified atom stereocenters. The molecule has 0 radical (unpaired) electrons. The third-order valence-corrected chi connectivity index (χ3v) is 1.26. The minimum atomic E-state index is -0.986. The van der Waals surface area contributed by atoms with Gasteiger partial charge < -0.3 is 9.67 Å². The molecule has 0 fully saturated rings. The molecule has 0 atom stereocenters. The first-order chi connectivity index (χ1) is 5.24. The molecular formula is C6H7FN2O2. The summed E-state index contributed by atoms with van der Waals surface area (Å²) in [5, 5.41) is 8.34. The van der Waals surface area contributed by atoms with Crippen molar-refractivity contribution in [1.82, 2.24) is 9.55 Å². The van der Waals surface area contributed by atoms with Gasteiger partial charge in [0.15, 0.2) is 6.80 Å². The van der Waals surface area contributed by atoms with Crippen LogP contribution in [0.2, 0.25) is 0 Å². The molecule has 1 heterocycles. The van der Waals surface area contributed by atoms with Gasteiger partial charge in [0.05, 0.1) is 18.4 Å². The number of halogens is 1. The zero-order chi connectivity index (χ0) is 8.27. The second kappa shape index (κ2) is 3.14. The number of imidazole rings is 1. The second-order valence-electron chi connectivity index (χ2n) is 2.04. The van der Waals surface area contributed by atoms with Crippen molar-refractivity contribution in [1.29, 1.82) is 0 Å². The molecule has 0 aliphatic carbocycles. The summed E-state index contributed by atoms with van der Waals surface area (Å²) in [6.45, 7) is -0.734. The normalized spacial score (nSPS) is 9.91. The molecule has 1 aromatic rings. The SMILES string of the molecule is O=C(O)Cc1cncn1CF. The Morgan fingerprint density at radius 3 is 3.09 bits per heavy atom. The maximum absolute atomic E-state index is 12.0. The van der Waals surface area contributed by atoms with Crippen molar-refractivity contribution in [2.45, 2.75) is 13.2 Å².